The quantitative estimate of drug-likeness (QED) is 0.405. The second kappa shape index (κ2) is 7.20. The summed E-state index contributed by atoms with van der Waals surface area (Å²) >= 11 is 0. The van der Waals surface area contributed by atoms with Crippen molar-refractivity contribution >= 4 is 18.0 Å². The van der Waals surface area contributed by atoms with Crippen molar-refractivity contribution in [2.45, 2.75) is 52.1 Å². The summed E-state index contributed by atoms with van der Waals surface area (Å²) in [7, 11) is 0. The van der Waals surface area contributed by atoms with Crippen molar-refractivity contribution in [3.63, 3.8) is 0 Å². The van der Waals surface area contributed by atoms with Crippen LogP contribution in [0.25, 0.3) is 0 Å². The Balaban J connectivity index is 2.54. The smallest absolute Gasteiger partial charge is 0.352 e. The summed E-state index contributed by atoms with van der Waals surface area (Å²) in [6, 6.07) is 0. The van der Waals surface area contributed by atoms with Crippen LogP contribution in [-0.2, 0) is 14.3 Å². The van der Waals surface area contributed by atoms with Crippen LogP contribution in [0.1, 0.15) is 46.0 Å². The average Bonchev–Trinajstić information content (AvgIpc) is 2.76. The third kappa shape index (κ3) is 5.11. The molecule has 1 saturated carbocycles. The number of ether oxygens (including phenoxy) is 1. The van der Waals surface area contributed by atoms with Gasteiger partial charge in [0.25, 0.3) is 0 Å². The van der Waals surface area contributed by atoms with Gasteiger partial charge in [-0.15, -0.1) is 0 Å². The van der Waals surface area contributed by atoms with E-state index in [1.165, 1.54) is 0 Å². The van der Waals surface area contributed by atoms with E-state index in [0.717, 1.165) is 25.7 Å². The van der Waals surface area contributed by atoms with Crippen molar-refractivity contribution in [2.24, 2.45) is 10.9 Å². The molecular formula is C13H21NO3. The summed E-state index contributed by atoms with van der Waals surface area (Å²) in [4.78, 5) is 26.2. The van der Waals surface area contributed by atoms with E-state index in [2.05, 4.69) is 4.99 Å². The van der Waals surface area contributed by atoms with E-state index in [4.69, 9.17) is 4.74 Å². The third-order valence-electron chi connectivity index (χ3n) is 2.77. The van der Waals surface area contributed by atoms with Gasteiger partial charge >= 0.3 is 5.97 Å². The van der Waals surface area contributed by atoms with Crippen molar-refractivity contribution < 1.29 is 14.3 Å². The van der Waals surface area contributed by atoms with E-state index < -0.39 is 0 Å². The lowest BCUT2D eigenvalue weighted by atomic mass is 10.1. The molecule has 96 valence electrons. The second-order valence-electron chi connectivity index (χ2n) is 4.86. The van der Waals surface area contributed by atoms with Gasteiger partial charge in [-0.3, -0.25) is 4.99 Å². The van der Waals surface area contributed by atoms with Gasteiger partial charge in [0.05, 0.1) is 6.54 Å². The maximum Gasteiger partial charge on any atom is 0.352 e. The van der Waals surface area contributed by atoms with E-state index in [-0.39, 0.29) is 18.6 Å². The first-order chi connectivity index (χ1) is 8.13. The molecule has 0 N–H and O–H groups in total. The number of esters is 1. The Labute approximate surface area is 102 Å². The molecule has 0 radical (unpaired) electrons. The standard InChI is InChI=1S/C13H21NO3/c1-10(2)9-12(14-7-8-15)13(16)17-11-5-3-4-6-11/h8,10-11H,3-7,9H2,1-2H3. The molecule has 1 rings (SSSR count). The van der Waals surface area contributed by atoms with E-state index >= 15 is 0 Å². The number of rotatable bonds is 6. The largest absolute Gasteiger partial charge is 0.458 e. The average molecular weight is 239 g/mol. The molecule has 17 heavy (non-hydrogen) atoms. The molecule has 0 aromatic heterocycles. The predicted octanol–water partition coefficient (Wildman–Crippen LogP) is 2.16. The summed E-state index contributed by atoms with van der Waals surface area (Å²) in [6.07, 6.45) is 5.48. The van der Waals surface area contributed by atoms with Gasteiger partial charge in [0.15, 0.2) is 0 Å². The highest BCUT2D eigenvalue weighted by Gasteiger charge is 2.22. The molecule has 0 aromatic rings. The Morgan fingerprint density at radius 2 is 2.06 bits per heavy atom. The summed E-state index contributed by atoms with van der Waals surface area (Å²) in [5.41, 5.74) is 0.402. The maximum absolute atomic E-state index is 11.9. The fraction of sp³-hybridized carbons (Fsp3) is 0.769. The summed E-state index contributed by atoms with van der Waals surface area (Å²) < 4.78 is 5.39. The summed E-state index contributed by atoms with van der Waals surface area (Å²) in [5.74, 6) is -0.0102. The lowest BCUT2D eigenvalue weighted by Gasteiger charge is -2.13. The highest BCUT2D eigenvalue weighted by atomic mass is 16.5. The molecule has 4 heteroatoms. The molecule has 0 saturated heterocycles. The zero-order chi connectivity index (χ0) is 12.7. The Hall–Kier alpha value is -1.19. The molecule has 0 bridgehead atoms. The number of aliphatic imine (C=N–C) groups is 1. The van der Waals surface area contributed by atoms with Crippen molar-refractivity contribution in [3.8, 4) is 0 Å². The third-order valence-corrected chi connectivity index (χ3v) is 2.77. The Bertz CT molecular complexity index is 291. The van der Waals surface area contributed by atoms with E-state index in [1.54, 1.807) is 0 Å². The zero-order valence-electron chi connectivity index (χ0n) is 10.6. The summed E-state index contributed by atoms with van der Waals surface area (Å²) in [6.45, 7) is 4.07. The van der Waals surface area contributed by atoms with Crippen molar-refractivity contribution in [1.29, 1.82) is 0 Å². The molecule has 0 aromatic carbocycles. The van der Waals surface area contributed by atoms with Crippen LogP contribution in [0.5, 0.6) is 0 Å². The molecule has 4 nitrogen and oxygen atoms in total. The van der Waals surface area contributed by atoms with Crippen LogP contribution in [0.3, 0.4) is 0 Å². The lowest BCUT2D eigenvalue weighted by Crippen LogP contribution is -2.24. The number of nitrogens with zero attached hydrogens (tertiary/aromatic N) is 1. The number of hydrogen-bond donors (Lipinski definition) is 0. The molecule has 0 atom stereocenters. The van der Waals surface area contributed by atoms with E-state index in [1.807, 2.05) is 13.8 Å². The minimum Gasteiger partial charge on any atom is -0.458 e. The second-order valence-corrected chi connectivity index (χ2v) is 4.86. The van der Waals surface area contributed by atoms with E-state index in [0.29, 0.717) is 24.3 Å². The van der Waals surface area contributed by atoms with Crippen LogP contribution in [0.2, 0.25) is 0 Å². The molecule has 0 spiro atoms. The zero-order valence-corrected chi connectivity index (χ0v) is 10.6. The molecular weight excluding hydrogens is 218 g/mol. The first-order valence-corrected chi connectivity index (χ1v) is 6.31. The highest BCUT2D eigenvalue weighted by molar-refractivity contribution is 6.36. The molecule has 1 fully saturated rings. The van der Waals surface area contributed by atoms with E-state index in [9.17, 15) is 9.59 Å². The van der Waals surface area contributed by atoms with Crippen LogP contribution >= 0.6 is 0 Å². The SMILES string of the molecule is CC(C)CC(=NCC=O)C(=O)OC1CCCC1. The van der Waals surface area contributed by atoms with Crippen LogP contribution < -0.4 is 0 Å². The molecule has 0 aliphatic heterocycles. The Morgan fingerprint density at radius 3 is 2.59 bits per heavy atom. The van der Waals surface area contributed by atoms with Gasteiger partial charge in [0.1, 0.15) is 18.1 Å². The maximum atomic E-state index is 11.9. The van der Waals surface area contributed by atoms with Gasteiger partial charge in [-0.1, -0.05) is 13.8 Å². The predicted molar refractivity (Wildman–Crippen MR) is 66.2 cm³/mol. The lowest BCUT2D eigenvalue weighted by molar-refractivity contribution is -0.140. The van der Waals surface area contributed by atoms with Gasteiger partial charge in [0.2, 0.25) is 0 Å². The van der Waals surface area contributed by atoms with Gasteiger partial charge in [-0.2, -0.15) is 0 Å². The Kier molecular flexibility index (Phi) is 5.87. The molecule has 0 heterocycles. The first-order valence-electron chi connectivity index (χ1n) is 6.31. The van der Waals surface area contributed by atoms with Crippen LogP contribution in [0.4, 0.5) is 0 Å². The number of carbonyl (C=O) groups excluding carboxylic acids is 2. The monoisotopic (exact) mass is 239 g/mol. The molecule has 1 aliphatic rings. The molecule has 0 amide bonds. The number of hydrogen-bond acceptors (Lipinski definition) is 4. The number of aldehydes is 1. The normalized spacial score (nSPS) is 17.5. The van der Waals surface area contributed by atoms with Crippen molar-refractivity contribution in [1.82, 2.24) is 0 Å². The fourth-order valence-electron chi connectivity index (χ4n) is 1.97. The Morgan fingerprint density at radius 1 is 1.41 bits per heavy atom. The number of carbonyl (C=O) groups is 2. The van der Waals surface area contributed by atoms with Crippen LogP contribution in [-0.4, -0.2) is 30.6 Å². The first kappa shape index (κ1) is 13.9. The highest BCUT2D eigenvalue weighted by Crippen LogP contribution is 2.21. The van der Waals surface area contributed by atoms with Gasteiger partial charge in [-0.25, -0.2) is 4.79 Å². The van der Waals surface area contributed by atoms with Gasteiger partial charge < -0.3 is 9.53 Å². The minimum atomic E-state index is -0.340. The molecule has 1 aliphatic carbocycles. The fourth-order valence-corrected chi connectivity index (χ4v) is 1.97. The minimum absolute atomic E-state index is 0.0435. The van der Waals surface area contributed by atoms with Gasteiger partial charge in [0, 0.05) is 0 Å². The molecule has 0 unspecified atom stereocenters. The topological polar surface area (TPSA) is 55.7 Å². The van der Waals surface area contributed by atoms with Crippen LogP contribution in [0, 0.1) is 5.92 Å². The van der Waals surface area contributed by atoms with Crippen LogP contribution in [0.15, 0.2) is 4.99 Å². The summed E-state index contributed by atoms with van der Waals surface area (Å²) in [5, 5.41) is 0. The van der Waals surface area contributed by atoms with Crippen molar-refractivity contribution in [2.75, 3.05) is 6.54 Å². The van der Waals surface area contributed by atoms with Crippen molar-refractivity contribution in [3.05, 3.63) is 0 Å². The van der Waals surface area contributed by atoms with Gasteiger partial charge in [-0.05, 0) is 38.0 Å².